The molecule has 0 aliphatic carbocycles. The Morgan fingerprint density at radius 2 is 1.84 bits per heavy atom. The van der Waals surface area contributed by atoms with Gasteiger partial charge in [-0.3, -0.25) is 4.98 Å². The van der Waals surface area contributed by atoms with Crippen molar-refractivity contribution in [3.8, 4) is 0 Å². The van der Waals surface area contributed by atoms with Gasteiger partial charge in [0.25, 0.3) is 0 Å². The normalized spacial score (nSPS) is 10.3. The molecule has 1 aromatic heterocycles. The lowest BCUT2D eigenvalue weighted by Gasteiger charge is -2.11. The van der Waals surface area contributed by atoms with Crippen LogP contribution in [0.2, 0.25) is 0 Å². The number of aromatic nitrogens is 2. The summed E-state index contributed by atoms with van der Waals surface area (Å²) in [5.41, 5.74) is 2.25. The molecule has 2 rings (SSSR count). The van der Waals surface area contributed by atoms with Gasteiger partial charge in [0.15, 0.2) is 10.9 Å². The number of nitrogens with one attached hydrogen (secondary N) is 2. The van der Waals surface area contributed by atoms with E-state index < -0.39 is 0 Å². The Morgan fingerprint density at radius 3 is 2.42 bits per heavy atom. The lowest BCUT2D eigenvalue weighted by atomic mass is 10.0. The number of anilines is 2. The monoisotopic (exact) mass is 272 g/mol. The van der Waals surface area contributed by atoms with Crippen molar-refractivity contribution in [2.75, 3.05) is 10.6 Å². The van der Waals surface area contributed by atoms with E-state index in [1.54, 1.807) is 18.6 Å². The van der Waals surface area contributed by atoms with Crippen molar-refractivity contribution in [2.45, 2.75) is 19.8 Å². The van der Waals surface area contributed by atoms with Gasteiger partial charge in [0, 0.05) is 18.1 Å². The van der Waals surface area contributed by atoms with Crippen LogP contribution in [0, 0.1) is 0 Å². The van der Waals surface area contributed by atoms with Crippen LogP contribution in [-0.2, 0) is 0 Å². The van der Waals surface area contributed by atoms with Crippen molar-refractivity contribution in [1.29, 1.82) is 0 Å². The second kappa shape index (κ2) is 6.24. The van der Waals surface area contributed by atoms with Gasteiger partial charge >= 0.3 is 0 Å². The minimum Gasteiger partial charge on any atom is -0.332 e. The summed E-state index contributed by atoms with van der Waals surface area (Å²) in [7, 11) is 0. The number of benzene rings is 1. The molecule has 19 heavy (non-hydrogen) atoms. The predicted octanol–water partition coefficient (Wildman–Crippen LogP) is 3.41. The molecule has 2 aromatic rings. The minimum absolute atomic E-state index is 0.498. The highest BCUT2D eigenvalue weighted by atomic mass is 32.1. The number of nitrogens with zero attached hydrogens (tertiary/aromatic N) is 2. The van der Waals surface area contributed by atoms with Crippen LogP contribution in [0.25, 0.3) is 0 Å². The summed E-state index contributed by atoms with van der Waals surface area (Å²) >= 11 is 5.21. The Morgan fingerprint density at radius 1 is 1.11 bits per heavy atom. The average Bonchev–Trinajstić information content (AvgIpc) is 2.40. The van der Waals surface area contributed by atoms with Gasteiger partial charge in [-0.1, -0.05) is 26.0 Å². The third-order valence-corrected chi connectivity index (χ3v) is 2.84. The number of hydrogen-bond donors (Lipinski definition) is 2. The zero-order valence-electron chi connectivity index (χ0n) is 10.9. The van der Waals surface area contributed by atoms with E-state index in [-0.39, 0.29) is 0 Å². The quantitative estimate of drug-likeness (QED) is 0.839. The summed E-state index contributed by atoms with van der Waals surface area (Å²) in [5, 5.41) is 6.58. The maximum atomic E-state index is 5.21. The third-order valence-electron chi connectivity index (χ3n) is 2.64. The predicted molar refractivity (Wildman–Crippen MR) is 82.4 cm³/mol. The van der Waals surface area contributed by atoms with E-state index in [9.17, 15) is 0 Å². The lowest BCUT2D eigenvalue weighted by Crippen LogP contribution is -2.19. The molecule has 0 saturated heterocycles. The third kappa shape index (κ3) is 3.99. The molecule has 4 nitrogen and oxygen atoms in total. The zero-order valence-corrected chi connectivity index (χ0v) is 11.7. The Bertz CT molecular complexity index is 537. The SMILES string of the molecule is CC(C)c1ccc(NC(=S)Nc2cnccn2)cc1. The number of rotatable bonds is 3. The Kier molecular flexibility index (Phi) is 4.41. The molecule has 0 atom stereocenters. The van der Waals surface area contributed by atoms with E-state index in [2.05, 4.69) is 46.6 Å². The Labute approximate surface area is 118 Å². The molecule has 0 saturated carbocycles. The standard InChI is InChI=1S/C14H16N4S/c1-10(2)11-3-5-12(6-4-11)17-14(19)18-13-9-15-7-8-16-13/h3-10H,1-2H3,(H2,16,17,18,19). The van der Waals surface area contributed by atoms with Crippen LogP contribution in [0.15, 0.2) is 42.9 Å². The van der Waals surface area contributed by atoms with E-state index >= 15 is 0 Å². The van der Waals surface area contributed by atoms with Gasteiger partial charge < -0.3 is 10.6 Å². The summed E-state index contributed by atoms with van der Waals surface area (Å²) in [5.74, 6) is 1.15. The van der Waals surface area contributed by atoms with Crippen molar-refractivity contribution in [3.63, 3.8) is 0 Å². The van der Waals surface area contributed by atoms with E-state index in [0.29, 0.717) is 16.8 Å². The highest BCUT2D eigenvalue weighted by molar-refractivity contribution is 7.80. The Balaban J connectivity index is 1.95. The molecule has 0 aliphatic rings. The zero-order chi connectivity index (χ0) is 13.7. The van der Waals surface area contributed by atoms with E-state index in [1.807, 2.05) is 12.1 Å². The molecule has 1 heterocycles. The van der Waals surface area contributed by atoms with Gasteiger partial charge in [-0.25, -0.2) is 4.98 Å². The van der Waals surface area contributed by atoms with Crippen LogP contribution >= 0.6 is 12.2 Å². The molecule has 1 aromatic carbocycles. The molecule has 98 valence electrons. The van der Waals surface area contributed by atoms with Crippen LogP contribution in [0.3, 0.4) is 0 Å². The molecule has 0 spiro atoms. The summed E-state index contributed by atoms with van der Waals surface area (Å²) in [6, 6.07) is 8.22. The topological polar surface area (TPSA) is 49.8 Å². The molecule has 0 aliphatic heterocycles. The van der Waals surface area contributed by atoms with Crippen molar-refractivity contribution >= 4 is 28.8 Å². The highest BCUT2D eigenvalue weighted by Crippen LogP contribution is 2.17. The summed E-state index contributed by atoms with van der Waals surface area (Å²) in [6.45, 7) is 4.34. The summed E-state index contributed by atoms with van der Waals surface area (Å²) < 4.78 is 0. The maximum Gasteiger partial charge on any atom is 0.176 e. The molecule has 0 fully saturated rings. The largest absolute Gasteiger partial charge is 0.332 e. The summed E-state index contributed by atoms with van der Waals surface area (Å²) in [6.07, 6.45) is 4.85. The smallest absolute Gasteiger partial charge is 0.176 e. The van der Waals surface area contributed by atoms with Gasteiger partial charge in [-0.05, 0) is 35.8 Å². The number of hydrogen-bond acceptors (Lipinski definition) is 3. The van der Waals surface area contributed by atoms with Crippen molar-refractivity contribution in [1.82, 2.24) is 9.97 Å². The molecule has 0 amide bonds. The van der Waals surface area contributed by atoms with Crippen LogP contribution in [-0.4, -0.2) is 15.1 Å². The van der Waals surface area contributed by atoms with Crippen LogP contribution in [0.1, 0.15) is 25.3 Å². The first-order valence-corrected chi connectivity index (χ1v) is 6.50. The first-order chi connectivity index (χ1) is 9.15. The van der Waals surface area contributed by atoms with Crippen LogP contribution in [0.4, 0.5) is 11.5 Å². The van der Waals surface area contributed by atoms with E-state index in [4.69, 9.17) is 12.2 Å². The first kappa shape index (κ1) is 13.4. The highest BCUT2D eigenvalue weighted by Gasteiger charge is 2.01. The molecule has 0 radical (unpaired) electrons. The lowest BCUT2D eigenvalue weighted by molar-refractivity contribution is 0.867. The van der Waals surface area contributed by atoms with Gasteiger partial charge in [0.1, 0.15) is 0 Å². The second-order valence-electron chi connectivity index (χ2n) is 4.45. The average molecular weight is 272 g/mol. The molecule has 0 bridgehead atoms. The van der Waals surface area contributed by atoms with E-state index in [1.165, 1.54) is 5.56 Å². The minimum atomic E-state index is 0.498. The fraction of sp³-hybridized carbons (Fsp3) is 0.214. The van der Waals surface area contributed by atoms with E-state index in [0.717, 1.165) is 5.69 Å². The Hall–Kier alpha value is -2.01. The van der Waals surface area contributed by atoms with Gasteiger partial charge in [-0.15, -0.1) is 0 Å². The van der Waals surface area contributed by atoms with Crippen molar-refractivity contribution in [3.05, 3.63) is 48.4 Å². The summed E-state index contributed by atoms with van der Waals surface area (Å²) in [4.78, 5) is 8.06. The molecule has 0 unspecified atom stereocenters. The van der Waals surface area contributed by atoms with Gasteiger partial charge in [0.05, 0.1) is 6.20 Å². The first-order valence-electron chi connectivity index (χ1n) is 6.09. The van der Waals surface area contributed by atoms with Crippen molar-refractivity contribution < 1.29 is 0 Å². The van der Waals surface area contributed by atoms with Crippen LogP contribution in [0.5, 0.6) is 0 Å². The second-order valence-corrected chi connectivity index (χ2v) is 4.85. The maximum absolute atomic E-state index is 5.21. The van der Waals surface area contributed by atoms with Crippen molar-refractivity contribution in [2.24, 2.45) is 0 Å². The fourth-order valence-electron chi connectivity index (χ4n) is 1.59. The molecular formula is C14H16N4S. The fourth-order valence-corrected chi connectivity index (χ4v) is 1.82. The molecular weight excluding hydrogens is 256 g/mol. The molecule has 5 heteroatoms. The molecule has 2 N–H and O–H groups in total. The van der Waals surface area contributed by atoms with Crippen LogP contribution < -0.4 is 10.6 Å². The van der Waals surface area contributed by atoms with Gasteiger partial charge in [-0.2, -0.15) is 0 Å². The number of thiocarbonyl (C=S) groups is 1. The van der Waals surface area contributed by atoms with Gasteiger partial charge in [0.2, 0.25) is 0 Å².